The first kappa shape index (κ1) is 20.1. The quantitative estimate of drug-likeness (QED) is 0.750. The minimum Gasteiger partial charge on any atom is -0.508 e. The van der Waals surface area contributed by atoms with Crippen LogP contribution in [0.2, 0.25) is 0 Å². The second-order valence-electron chi connectivity index (χ2n) is 6.19. The number of nitrogens with one attached hydrogen (secondary N) is 1. The first-order valence-electron chi connectivity index (χ1n) is 8.74. The smallest absolute Gasteiger partial charge is 0.251 e. The predicted molar refractivity (Wildman–Crippen MR) is 102 cm³/mol. The van der Waals surface area contributed by atoms with Gasteiger partial charge >= 0.3 is 0 Å². The Balaban J connectivity index is 1.84. The Bertz CT molecular complexity index is 955. The van der Waals surface area contributed by atoms with Crippen LogP contribution >= 0.6 is 0 Å². The van der Waals surface area contributed by atoms with Crippen LogP contribution in [-0.4, -0.2) is 57.1 Å². The maximum absolute atomic E-state index is 13.0. The molecule has 1 aliphatic rings. The number of carbonyl (C=O) groups excluding carboxylic acids is 1. The number of rotatable bonds is 6. The third kappa shape index (κ3) is 4.27. The van der Waals surface area contributed by atoms with E-state index >= 15 is 0 Å². The minimum atomic E-state index is -3.83. The summed E-state index contributed by atoms with van der Waals surface area (Å²) in [5, 5.41) is 12.5. The number of phenolic OH excluding ortho intramolecular Hbond substituents is 1. The number of hydrogen-bond donors (Lipinski definition) is 2. The van der Waals surface area contributed by atoms with E-state index in [1.807, 2.05) is 0 Å². The van der Waals surface area contributed by atoms with Crippen LogP contribution in [0.4, 0.5) is 0 Å². The highest BCUT2D eigenvalue weighted by atomic mass is 32.2. The van der Waals surface area contributed by atoms with Crippen molar-refractivity contribution in [1.29, 1.82) is 0 Å². The molecular formula is C19H22N2O6S. The molecule has 2 aromatic carbocycles. The molecule has 8 nitrogen and oxygen atoms in total. The first-order chi connectivity index (χ1) is 13.4. The molecule has 0 atom stereocenters. The Morgan fingerprint density at radius 3 is 2.61 bits per heavy atom. The molecule has 0 bridgehead atoms. The monoisotopic (exact) mass is 406 g/mol. The number of morpholine rings is 1. The number of phenols is 1. The number of para-hydroxylation sites is 1. The van der Waals surface area contributed by atoms with E-state index < -0.39 is 15.9 Å². The van der Waals surface area contributed by atoms with E-state index in [1.54, 1.807) is 18.2 Å². The Kier molecular flexibility index (Phi) is 6.18. The van der Waals surface area contributed by atoms with Crippen LogP contribution in [0.3, 0.4) is 0 Å². The highest BCUT2D eigenvalue weighted by molar-refractivity contribution is 7.89. The van der Waals surface area contributed by atoms with Crippen LogP contribution in [0.5, 0.6) is 11.5 Å². The van der Waals surface area contributed by atoms with Crippen LogP contribution in [0, 0.1) is 0 Å². The lowest BCUT2D eigenvalue weighted by molar-refractivity contribution is 0.0729. The van der Waals surface area contributed by atoms with Crippen molar-refractivity contribution >= 4 is 15.9 Å². The topological polar surface area (TPSA) is 105 Å². The molecule has 1 amide bonds. The molecule has 0 radical (unpaired) electrons. The van der Waals surface area contributed by atoms with Gasteiger partial charge in [-0.05, 0) is 24.3 Å². The number of amides is 1. The molecule has 1 fully saturated rings. The molecule has 1 heterocycles. The molecule has 0 spiro atoms. The second-order valence-corrected chi connectivity index (χ2v) is 8.10. The number of ether oxygens (including phenoxy) is 2. The number of benzene rings is 2. The van der Waals surface area contributed by atoms with Crippen LogP contribution in [0.1, 0.15) is 15.9 Å². The summed E-state index contributed by atoms with van der Waals surface area (Å²) < 4.78 is 37.7. The summed E-state index contributed by atoms with van der Waals surface area (Å²) in [5.41, 5.74) is 0.744. The lowest BCUT2D eigenvalue weighted by Crippen LogP contribution is -2.40. The zero-order valence-corrected chi connectivity index (χ0v) is 16.2. The summed E-state index contributed by atoms with van der Waals surface area (Å²) in [6.07, 6.45) is 0. The SMILES string of the molecule is COc1ccc(C(=O)NCc2ccccc2O)cc1S(=O)(=O)N1CCOCC1. The lowest BCUT2D eigenvalue weighted by Gasteiger charge is -2.26. The molecule has 28 heavy (non-hydrogen) atoms. The normalized spacial score (nSPS) is 15.2. The van der Waals surface area contributed by atoms with Crippen molar-refractivity contribution in [2.24, 2.45) is 0 Å². The number of nitrogens with zero attached hydrogens (tertiary/aromatic N) is 1. The highest BCUT2D eigenvalue weighted by Crippen LogP contribution is 2.28. The zero-order valence-electron chi connectivity index (χ0n) is 15.4. The summed E-state index contributed by atoms with van der Waals surface area (Å²) in [7, 11) is -2.45. The Morgan fingerprint density at radius 2 is 1.93 bits per heavy atom. The Labute approximate surface area is 163 Å². The average Bonchev–Trinajstić information content (AvgIpc) is 2.73. The van der Waals surface area contributed by atoms with Gasteiger partial charge in [-0.3, -0.25) is 4.79 Å². The van der Waals surface area contributed by atoms with Gasteiger partial charge in [-0.2, -0.15) is 4.31 Å². The molecule has 2 N–H and O–H groups in total. The maximum Gasteiger partial charge on any atom is 0.251 e. The van der Waals surface area contributed by atoms with Gasteiger partial charge in [0.05, 0.1) is 20.3 Å². The molecule has 1 saturated heterocycles. The van der Waals surface area contributed by atoms with Crippen LogP contribution in [0.15, 0.2) is 47.4 Å². The van der Waals surface area contributed by atoms with Crippen molar-refractivity contribution in [2.45, 2.75) is 11.4 Å². The van der Waals surface area contributed by atoms with Crippen molar-refractivity contribution in [1.82, 2.24) is 9.62 Å². The molecular weight excluding hydrogens is 384 g/mol. The predicted octanol–water partition coefficient (Wildman–Crippen LogP) is 1.35. The van der Waals surface area contributed by atoms with Crippen molar-refractivity contribution in [2.75, 3.05) is 33.4 Å². The Morgan fingerprint density at radius 1 is 1.21 bits per heavy atom. The average molecular weight is 406 g/mol. The number of aromatic hydroxyl groups is 1. The fraction of sp³-hybridized carbons (Fsp3) is 0.316. The van der Waals surface area contributed by atoms with Gasteiger partial charge in [-0.1, -0.05) is 18.2 Å². The molecule has 9 heteroatoms. The van der Waals surface area contributed by atoms with E-state index in [0.717, 1.165) is 0 Å². The number of hydrogen-bond acceptors (Lipinski definition) is 6. The fourth-order valence-electron chi connectivity index (χ4n) is 2.88. The van der Waals surface area contributed by atoms with Crippen LogP contribution in [-0.2, 0) is 21.3 Å². The van der Waals surface area contributed by atoms with Gasteiger partial charge in [-0.25, -0.2) is 8.42 Å². The summed E-state index contributed by atoms with van der Waals surface area (Å²) in [4.78, 5) is 12.5. The number of methoxy groups -OCH3 is 1. The Hall–Kier alpha value is -2.62. The lowest BCUT2D eigenvalue weighted by atomic mass is 10.1. The summed E-state index contributed by atoms with van der Waals surface area (Å²) in [5.74, 6) is -0.207. The third-order valence-corrected chi connectivity index (χ3v) is 6.36. The van der Waals surface area contributed by atoms with E-state index in [0.29, 0.717) is 18.8 Å². The van der Waals surface area contributed by atoms with Gasteiger partial charge < -0.3 is 19.9 Å². The molecule has 150 valence electrons. The largest absolute Gasteiger partial charge is 0.508 e. The van der Waals surface area contributed by atoms with Crippen molar-refractivity contribution in [3.63, 3.8) is 0 Å². The van der Waals surface area contributed by atoms with Gasteiger partial charge in [0, 0.05) is 30.8 Å². The van der Waals surface area contributed by atoms with Gasteiger partial charge in [0.15, 0.2) is 0 Å². The van der Waals surface area contributed by atoms with Crippen LogP contribution in [0.25, 0.3) is 0 Å². The maximum atomic E-state index is 13.0. The van der Waals surface area contributed by atoms with E-state index in [4.69, 9.17) is 9.47 Å². The van der Waals surface area contributed by atoms with Crippen molar-refractivity contribution in [3.05, 3.63) is 53.6 Å². The van der Waals surface area contributed by atoms with E-state index in [2.05, 4.69) is 5.32 Å². The minimum absolute atomic E-state index is 0.0629. The fourth-order valence-corrected chi connectivity index (χ4v) is 4.47. The van der Waals surface area contributed by atoms with Crippen LogP contribution < -0.4 is 10.1 Å². The summed E-state index contributed by atoms with van der Waals surface area (Å²) in [6, 6.07) is 10.9. The standard InChI is InChI=1S/C19H22N2O6S/c1-26-17-7-6-14(19(23)20-13-15-4-2-3-5-16(15)22)12-18(17)28(24,25)21-8-10-27-11-9-21/h2-7,12,22H,8-11,13H2,1H3,(H,20,23). The highest BCUT2D eigenvalue weighted by Gasteiger charge is 2.30. The van der Waals surface area contributed by atoms with Gasteiger partial charge in [-0.15, -0.1) is 0 Å². The molecule has 1 aliphatic heterocycles. The second kappa shape index (κ2) is 8.59. The summed E-state index contributed by atoms with van der Waals surface area (Å²) in [6.45, 7) is 1.25. The third-order valence-electron chi connectivity index (χ3n) is 4.44. The van der Waals surface area contributed by atoms with Crippen molar-refractivity contribution in [3.8, 4) is 11.5 Å². The van der Waals surface area contributed by atoms with Crippen molar-refractivity contribution < 1.29 is 27.8 Å². The van der Waals surface area contributed by atoms with E-state index in [-0.39, 0.29) is 41.6 Å². The van der Waals surface area contributed by atoms with Gasteiger partial charge in [0.1, 0.15) is 16.4 Å². The van der Waals surface area contributed by atoms with Gasteiger partial charge in [0.2, 0.25) is 10.0 Å². The first-order valence-corrected chi connectivity index (χ1v) is 10.2. The molecule has 2 aromatic rings. The van der Waals surface area contributed by atoms with E-state index in [1.165, 1.54) is 35.7 Å². The molecule has 0 aliphatic carbocycles. The molecule has 0 unspecified atom stereocenters. The number of sulfonamides is 1. The van der Waals surface area contributed by atoms with Gasteiger partial charge in [0.25, 0.3) is 5.91 Å². The molecule has 3 rings (SSSR count). The summed E-state index contributed by atoms with van der Waals surface area (Å²) >= 11 is 0. The molecule has 0 saturated carbocycles. The van der Waals surface area contributed by atoms with E-state index in [9.17, 15) is 18.3 Å². The number of carbonyl (C=O) groups is 1. The molecule has 0 aromatic heterocycles. The zero-order chi connectivity index (χ0) is 20.1.